The Kier molecular flexibility index (Phi) is 4.87. The summed E-state index contributed by atoms with van der Waals surface area (Å²) in [6, 6.07) is 10.1. The van der Waals surface area contributed by atoms with E-state index in [1.54, 1.807) is 0 Å². The van der Waals surface area contributed by atoms with Gasteiger partial charge < -0.3 is 10.1 Å². The van der Waals surface area contributed by atoms with Crippen LogP contribution in [0.5, 0.6) is 0 Å². The van der Waals surface area contributed by atoms with Crippen molar-refractivity contribution < 1.29 is 4.74 Å². The number of nitrogens with one attached hydrogen (secondary N) is 1. The van der Waals surface area contributed by atoms with Gasteiger partial charge in [-0.2, -0.15) is 0 Å². The smallest absolute Gasteiger partial charge is 0.0652 e. The van der Waals surface area contributed by atoms with Crippen LogP contribution < -0.4 is 5.32 Å². The zero-order valence-corrected chi connectivity index (χ0v) is 13.6. The van der Waals surface area contributed by atoms with E-state index in [1.165, 1.54) is 11.1 Å². The van der Waals surface area contributed by atoms with Crippen LogP contribution in [-0.2, 0) is 11.2 Å². The minimum Gasteiger partial charge on any atom is -0.381 e. The number of aryl methyl sites for hydroxylation is 1. The molecular formula is C18H29NO. The van der Waals surface area contributed by atoms with E-state index < -0.39 is 0 Å². The van der Waals surface area contributed by atoms with E-state index in [2.05, 4.69) is 57.3 Å². The third-order valence-electron chi connectivity index (χ3n) is 5.06. The molecule has 0 bridgehead atoms. The molecule has 0 aromatic heterocycles. The molecule has 2 heteroatoms. The maximum atomic E-state index is 5.54. The summed E-state index contributed by atoms with van der Waals surface area (Å²) in [5.74, 6) is 0. The minimum atomic E-state index is 0.228. The van der Waals surface area contributed by atoms with Gasteiger partial charge in [0.2, 0.25) is 0 Å². The lowest BCUT2D eigenvalue weighted by molar-refractivity contribution is -0.100. The number of methoxy groups -OCH3 is 1. The van der Waals surface area contributed by atoms with Gasteiger partial charge in [0, 0.05) is 24.6 Å². The first-order chi connectivity index (χ1) is 9.52. The fraction of sp³-hybridized carbons (Fsp3) is 0.667. The van der Waals surface area contributed by atoms with Crippen LogP contribution in [0.1, 0.15) is 57.7 Å². The van der Waals surface area contributed by atoms with Crippen LogP contribution in [0.3, 0.4) is 0 Å². The van der Waals surface area contributed by atoms with Crippen molar-refractivity contribution in [1.82, 2.24) is 5.32 Å². The zero-order chi connectivity index (χ0) is 14.8. The van der Waals surface area contributed by atoms with Crippen LogP contribution in [0, 0.1) is 5.41 Å². The summed E-state index contributed by atoms with van der Waals surface area (Å²) in [5.41, 5.74) is 3.04. The Labute approximate surface area is 123 Å². The number of hydrogen-bond donors (Lipinski definition) is 1. The molecule has 2 nitrogen and oxygen atoms in total. The Morgan fingerprint density at radius 1 is 1.25 bits per heavy atom. The summed E-state index contributed by atoms with van der Waals surface area (Å²) in [4.78, 5) is 0. The van der Waals surface area contributed by atoms with E-state index in [9.17, 15) is 0 Å². The van der Waals surface area contributed by atoms with Crippen LogP contribution in [-0.4, -0.2) is 19.3 Å². The fourth-order valence-electron chi connectivity index (χ4n) is 3.25. The van der Waals surface area contributed by atoms with Gasteiger partial charge in [0.25, 0.3) is 0 Å². The predicted molar refractivity (Wildman–Crippen MR) is 85.0 cm³/mol. The molecule has 3 unspecified atom stereocenters. The van der Waals surface area contributed by atoms with E-state index in [1.807, 2.05) is 7.11 Å². The zero-order valence-electron chi connectivity index (χ0n) is 13.6. The number of hydrogen-bond acceptors (Lipinski definition) is 2. The van der Waals surface area contributed by atoms with Crippen LogP contribution in [0.4, 0.5) is 0 Å². The van der Waals surface area contributed by atoms with Gasteiger partial charge in [-0.25, -0.2) is 0 Å². The van der Waals surface area contributed by atoms with E-state index in [4.69, 9.17) is 4.74 Å². The Morgan fingerprint density at radius 2 is 1.90 bits per heavy atom. The summed E-state index contributed by atoms with van der Waals surface area (Å²) in [5, 5.41) is 3.83. The number of benzene rings is 1. The second kappa shape index (κ2) is 6.28. The highest BCUT2D eigenvalue weighted by atomic mass is 16.5. The molecule has 1 aromatic rings. The molecule has 0 amide bonds. The molecule has 0 heterocycles. The second-order valence-corrected chi connectivity index (χ2v) is 6.56. The highest BCUT2D eigenvalue weighted by Gasteiger charge is 2.48. The largest absolute Gasteiger partial charge is 0.381 e. The molecule has 1 N–H and O–H groups in total. The molecule has 1 saturated carbocycles. The molecule has 1 aliphatic carbocycles. The average molecular weight is 275 g/mol. The van der Waals surface area contributed by atoms with Gasteiger partial charge in [-0.05, 0) is 30.4 Å². The van der Waals surface area contributed by atoms with Crippen molar-refractivity contribution in [3.63, 3.8) is 0 Å². The van der Waals surface area contributed by atoms with Crippen LogP contribution in [0.2, 0.25) is 0 Å². The topological polar surface area (TPSA) is 21.3 Å². The van der Waals surface area contributed by atoms with Crippen molar-refractivity contribution in [3.8, 4) is 0 Å². The first-order valence-electron chi connectivity index (χ1n) is 7.90. The SMILES string of the molecule is CCc1ccc(C(CC)NC2CC(OC)C2(C)C)cc1. The summed E-state index contributed by atoms with van der Waals surface area (Å²) < 4.78 is 5.54. The van der Waals surface area contributed by atoms with Gasteiger partial charge in [-0.15, -0.1) is 0 Å². The summed E-state index contributed by atoms with van der Waals surface area (Å²) >= 11 is 0. The number of ether oxygens (including phenoxy) is 1. The normalized spacial score (nSPS) is 26.1. The molecule has 1 aliphatic rings. The third kappa shape index (κ3) is 2.91. The first-order valence-corrected chi connectivity index (χ1v) is 7.90. The Bertz CT molecular complexity index is 424. The molecule has 0 spiro atoms. The maximum Gasteiger partial charge on any atom is 0.0652 e. The molecule has 1 aromatic carbocycles. The van der Waals surface area contributed by atoms with Gasteiger partial charge in [-0.3, -0.25) is 0 Å². The molecule has 2 rings (SSSR count). The van der Waals surface area contributed by atoms with Gasteiger partial charge in [0.1, 0.15) is 0 Å². The Morgan fingerprint density at radius 3 is 2.35 bits per heavy atom. The third-order valence-corrected chi connectivity index (χ3v) is 5.06. The molecule has 0 aliphatic heterocycles. The van der Waals surface area contributed by atoms with Crippen molar-refractivity contribution in [1.29, 1.82) is 0 Å². The maximum absolute atomic E-state index is 5.54. The van der Waals surface area contributed by atoms with Gasteiger partial charge in [-0.1, -0.05) is 52.0 Å². The fourth-order valence-corrected chi connectivity index (χ4v) is 3.25. The number of rotatable bonds is 6. The van der Waals surface area contributed by atoms with Crippen molar-refractivity contribution in [2.24, 2.45) is 5.41 Å². The minimum absolute atomic E-state index is 0.228. The molecule has 0 saturated heterocycles. The second-order valence-electron chi connectivity index (χ2n) is 6.56. The lowest BCUT2D eigenvalue weighted by Gasteiger charge is -2.52. The molecule has 20 heavy (non-hydrogen) atoms. The van der Waals surface area contributed by atoms with Crippen molar-refractivity contribution in [2.75, 3.05) is 7.11 Å². The lowest BCUT2D eigenvalue weighted by Crippen LogP contribution is -2.61. The molecule has 112 valence electrons. The van der Waals surface area contributed by atoms with Crippen molar-refractivity contribution >= 4 is 0 Å². The predicted octanol–water partition coefficient (Wildman–Crippen LogP) is 4.10. The highest BCUT2D eigenvalue weighted by molar-refractivity contribution is 5.25. The molecule has 0 radical (unpaired) electrons. The van der Waals surface area contributed by atoms with Gasteiger partial charge in [0.15, 0.2) is 0 Å². The van der Waals surface area contributed by atoms with Crippen molar-refractivity contribution in [3.05, 3.63) is 35.4 Å². The van der Waals surface area contributed by atoms with Crippen LogP contribution in [0.15, 0.2) is 24.3 Å². The average Bonchev–Trinajstić information content (AvgIpc) is 2.47. The molecule has 1 fully saturated rings. The summed E-state index contributed by atoms with van der Waals surface area (Å²) in [7, 11) is 1.82. The van der Waals surface area contributed by atoms with E-state index in [-0.39, 0.29) is 5.41 Å². The monoisotopic (exact) mass is 275 g/mol. The summed E-state index contributed by atoms with van der Waals surface area (Å²) in [6.45, 7) is 9.06. The Hall–Kier alpha value is -0.860. The first kappa shape index (κ1) is 15.5. The van der Waals surface area contributed by atoms with Crippen LogP contribution in [0.25, 0.3) is 0 Å². The van der Waals surface area contributed by atoms with Crippen LogP contribution >= 0.6 is 0 Å². The molecular weight excluding hydrogens is 246 g/mol. The quantitative estimate of drug-likeness (QED) is 0.844. The van der Waals surface area contributed by atoms with Gasteiger partial charge >= 0.3 is 0 Å². The van der Waals surface area contributed by atoms with E-state index in [0.717, 1.165) is 19.3 Å². The van der Waals surface area contributed by atoms with Crippen molar-refractivity contribution in [2.45, 2.75) is 65.1 Å². The van der Waals surface area contributed by atoms with E-state index in [0.29, 0.717) is 18.2 Å². The van der Waals surface area contributed by atoms with E-state index >= 15 is 0 Å². The molecule has 3 atom stereocenters. The summed E-state index contributed by atoms with van der Waals surface area (Å²) in [6.07, 6.45) is 3.73. The standard InChI is InChI=1S/C18H29NO/c1-6-13-8-10-14(11-9-13)15(7-2)19-16-12-17(20-5)18(16,3)4/h8-11,15-17,19H,6-7,12H2,1-5H3. The highest BCUT2D eigenvalue weighted by Crippen LogP contribution is 2.43. The lowest BCUT2D eigenvalue weighted by atomic mass is 9.64. The van der Waals surface area contributed by atoms with Gasteiger partial charge in [0.05, 0.1) is 6.10 Å². The Balaban J connectivity index is 2.02.